The summed E-state index contributed by atoms with van der Waals surface area (Å²) in [6.07, 6.45) is 2.97. The molecule has 0 unspecified atom stereocenters. The molecule has 0 amide bonds. The second-order valence-corrected chi connectivity index (χ2v) is 7.16. The van der Waals surface area contributed by atoms with Crippen molar-refractivity contribution in [1.29, 1.82) is 0 Å². The first-order valence-corrected chi connectivity index (χ1v) is 8.84. The van der Waals surface area contributed by atoms with Gasteiger partial charge in [0, 0.05) is 45.4 Å². The van der Waals surface area contributed by atoms with Gasteiger partial charge in [-0.05, 0) is 24.3 Å². The maximum Gasteiger partial charge on any atom is 0.0702 e. The van der Waals surface area contributed by atoms with E-state index in [9.17, 15) is 0 Å². The molecule has 3 heteroatoms. The van der Waals surface area contributed by atoms with Crippen LogP contribution in [0.3, 0.4) is 0 Å². The maximum atomic E-state index is 5.82. The van der Waals surface area contributed by atoms with E-state index in [-0.39, 0.29) is 0 Å². The van der Waals surface area contributed by atoms with Gasteiger partial charge in [-0.15, -0.1) is 0 Å². The van der Waals surface area contributed by atoms with Gasteiger partial charge >= 0.3 is 0 Å². The van der Waals surface area contributed by atoms with Gasteiger partial charge in [0.1, 0.15) is 0 Å². The molecule has 122 valence electrons. The number of hydrogen-bond acceptors (Lipinski definition) is 3. The van der Waals surface area contributed by atoms with Crippen LogP contribution in [0.4, 0.5) is 0 Å². The first-order chi connectivity index (χ1) is 10.7. The number of ether oxygens (including phenoxy) is 1. The van der Waals surface area contributed by atoms with E-state index in [1.54, 1.807) is 0 Å². The van der Waals surface area contributed by atoms with Crippen molar-refractivity contribution in [3.05, 3.63) is 35.9 Å². The minimum absolute atomic E-state index is 0.480. The molecule has 0 radical (unpaired) electrons. The van der Waals surface area contributed by atoms with Crippen LogP contribution in [0, 0.1) is 5.92 Å². The van der Waals surface area contributed by atoms with E-state index in [0.29, 0.717) is 18.1 Å². The maximum absolute atomic E-state index is 5.82. The van der Waals surface area contributed by atoms with E-state index in [1.165, 1.54) is 38.0 Å². The fraction of sp³-hybridized carbons (Fsp3) is 0.684. The number of hydrogen-bond donors (Lipinski definition) is 0. The first kappa shape index (κ1) is 16.0. The summed E-state index contributed by atoms with van der Waals surface area (Å²) >= 11 is 0. The van der Waals surface area contributed by atoms with Crippen LogP contribution in [0.15, 0.2) is 30.3 Å². The van der Waals surface area contributed by atoms with Gasteiger partial charge in [-0.25, -0.2) is 0 Å². The molecule has 2 saturated heterocycles. The second-order valence-electron chi connectivity index (χ2n) is 7.16. The van der Waals surface area contributed by atoms with E-state index >= 15 is 0 Å². The molecular weight excluding hydrogens is 272 g/mol. The molecule has 0 N–H and O–H groups in total. The highest BCUT2D eigenvalue weighted by molar-refractivity contribution is 5.14. The number of benzene rings is 1. The van der Waals surface area contributed by atoms with Crippen molar-refractivity contribution in [3.8, 4) is 0 Å². The molecule has 1 aromatic carbocycles. The zero-order valence-corrected chi connectivity index (χ0v) is 14.1. The lowest BCUT2D eigenvalue weighted by Crippen LogP contribution is -2.55. The molecule has 22 heavy (non-hydrogen) atoms. The molecule has 0 spiro atoms. The SMILES string of the molecule is CC(C)[C@@H]1CN(C[C@@H]2CCCO2)CCN1Cc1ccccc1. The molecule has 0 bridgehead atoms. The molecule has 0 aliphatic carbocycles. The van der Waals surface area contributed by atoms with E-state index in [4.69, 9.17) is 4.74 Å². The lowest BCUT2D eigenvalue weighted by Gasteiger charge is -2.44. The van der Waals surface area contributed by atoms with Crippen LogP contribution in [-0.2, 0) is 11.3 Å². The Hall–Kier alpha value is -0.900. The van der Waals surface area contributed by atoms with E-state index < -0.39 is 0 Å². The molecule has 0 saturated carbocycles. The molecule has 3 rings (SSSR count). The van der Waals surface area contributed by atoms with Crippen LogP contribution in [0.2, 0.25) is 0 Å². The number of piperazine rings is 1. The van der Waals surface area contributed by atoms with Gasteiger partial charge in [0.15, 0.2) is 0 Å². The van der Waals surface area contributed by atoms with Crippen molar-refractivity contribution in [3.63, 3.8) is 0 Å². The van der Waals surface area contributed by atoms with Gasteiger partial charge in [-0.2, -0.15) is 0 Å². The Morgan fingerprint density at radius 3 is 2.68 bits per heavy atom. The summed E-state index contributed by atoms with van der Waals surface area (Å²) < 4.78 is 5.82. The van der Waals surface area contributed by atoms with Gasteiger partial charge in [-0.3, -0.25) is 9.80 Å². The minimum atomic E-state index is 0.480. The summed E-state index contributed by atoms with van der Waals surface area (Å²) in [6, 6.07) is 11.5. The van der Waals surface area contributed by atoms with E-state index in [0.717, 1.165) is 19.7 Å². The third-order valence-electron chi connectivity index (χ3n) is 5.10. The third-order valence-corrected chi connectivity index (χ3v) is 5.10. The van der Waals surface area contributed by atoms with Gasteiger partial charge in [0.25, 0.3) is 0 Å². The Labute approximate surface area is 135 Å². The Morgan fingerprint density at radius 2 is 2.00 bits per heavy atom. The van der Waals surface area contributed by atoms with Crippen LogP contribution >= 0.6 is 0 Å². The molecule has 2 aliphatic heterocycles. The summed E-state index contributed by atoms with van der Waals surface area (Å²) in [4.78, 5) is 5.30. The average Bonchev–Trinajstić information content (AvgIpc) is 3.02. The molecule has 1 aromatic rings. The third kappa shape index (κ3) is 4.09. The van der Waals surface area contributed by atoms with Gasteiger partial charge in [0.05, 0.1) is 6.10 Å². The van der Waals surface area contributed by atoms with Crippen LogP contribution in [0.1, 0.15) is 32.3 Å². The summed E-state index contributed by atoms with van der Waals surface area (Å²) in [7, 11) is 0. The molecule has 2 heterocycles. The highest BCUT2D eigenvalue weighted by Gasteiger charge is 2.30. The van der Waals surface area contributed by atoms with E-state index in [2.05, 4.69) is 54.0 Å². The summed E-state index contributed by atoms with van der Waals surface area (Å²) in [5, 5.41) is 0. The Kier molecular flexibility index (Phi) is 5.51. The standard InChI is InChI=1S/C19H30N2O/c1-16(2)19-15-20(14-18-9-6-12-22-18)10-11-21(19)13-17-7-4-3-5-8-17/h3-5,7-8,16,18-19H,6,9-15H2,1-2H3/t18-,19-/m0/s1. The van der Waals surface area contributed by atoms with Crippen LogP contribution in [-0.4, -0.2) is 54.7 Å². The van der Waals surface area contributed by atoms with Gasteiger partial charge in [0.2, 0.25) is 0 Å². The lowest BCUT2D eigenvalue weighted by molar-refractivity contribution is 0.0112. The zero-order valence-electron chi connectivity index (χ0n) is 14.1. The highest BCUT2D eigenvalue weighted by Crippen LogP contribution is 2.22. The summed E-state index contributed by atoms with van der Waals surface area (Å²) in [6.45, 7) is 11.4. The fourth-order valence-electron chi connectivity index (χ4n) is 3.80. The van der Waals surface area contributed by atoms with Crippen molar-refractivity contribution in [1.82, 2.24) is 9.80 Å². The second kappa shape index (κ2) is 7.58. The fourth-order valence-corrected chi connectivity index (χ4v) is 3.80. The van der Waals surface area contributed by atoms with Crippen molar-refractivity contribution in [2.75, 3.05) is 32.8 Å². The smallest absolute Gasteiger partial charge is 0.0702 e. The quantitative estimate of drug-likeness (QED) is 0.831. The van der Waals surface area contributed by atoms with Crippen LogP contribution in [0.25, 0.3) is 0 Å². The molecule has 2 atom stereocenters. The van der Waals surface area contributed by atoms with Crippen molar-refractivity contribution in [2.24, 2.45) is 5.92 Å². The van der Waals surface area contributed by atoms with Crippen molar-refractivity contribution < 1.29 is 4.74 Å². The predicted octanol–water partition coefficient (Wildman–Crippen LogP) is 3.01. The Bertz CT molecular complexity index is 442. The average molecular weight is 302 g/mol. The molecular formula is C19H30N2O. The Morgan fingerprint density at radius 1 is 1.18 bits per heavy atom. The monoisotopic (exact) mass is 302 g/mol. The molecule has 2 fully saturated rings. The predicted molar refractivity (Wildman–Crippen MR) is 90.9 cm³/mol. The van der Waals surface area contributed by atoms with Crippen molar-refractivity contribution >= 4 is 0 Å². The molecule has 3 nitrogen and oxygen atoms in total. The molecule has 2 aliphatic rings. The van der Waals surface area contributed by atoms with Gasteiger partial charge in [-0.1, -0.05) is 44.2 Å². The topological polar surface area (TPSA) is 15.7 Å². The Balaban J connectivity index is 1.58. The lowest BCUT2D eigenvalue weighted by atomic mass is 9.98. The molecule has 0 aromatic heterocycles. The minimum Gasteiger partial charge on any atom is -0.377 e. The van der Waals surface area contributed by atoms with E-state index in [1.807, 2.05) is 0 Å². The van der Waals surface area contributed by atoms with Gasteiger partial charge < -0.3 is 4.74 Å². The van der Waals surface area contributed by atoms with Crippen molar-refractivity contribution in [2.45, 2.75) is 45.4 Å². The zero-order chi connectivity index (χ0) is 15.4. The van der Waals surface area contributed by atoms with Crippen LogP contribution < -0.4 is 0 Å². The largest absolute Gasteiger partial charge is 0.377 e. The number of rotatable bonds is 5. The summed E-state index contributed by atoms with van der Waals surface area (Å²) in [5.74, 6) is 0.691. The van der Waals surface area contributed by atoms with Crippen LogP contribution in [0.5, 0.6) is 0 Å². The highest BCUT2D eigenvalue weighted by atomic mass is 16.5. The number of nitrogens with zero attached hydrogens (tertiary/aromatic N) is 2. The first-order valence-electron chi connectivity index (χ1n) is 8.84. The normalized spacial score (nSPS) is 27.6. The summed E-state index contributed by atoms with van der Waals surface area (Å²) in [5.41, 5.74) is 1.43.